The van der Waals surface area contributed by atoms with Gasteiger partial charge in [-0.25, -0.2) is 4.98 Å². The lowest BCUT2D eigenvalue weighted by Gasteiger charge is -2.27. The number of carbonyl (C=O) groups is 1. The molecule has 34 heavy (non-hydrogen) atoms. The van der Waals surface area contributed by atoms with Crippen LogP contribution in [0.2, 0.25) is 0 Å². The molecular formula is C26H22F3N3O2. The Balaban J connectivity index is 1.85. The van der Waals surface area contributed by atoms with Gasteiger partial charge in [-0.05, 0) is 55.8 Å². The van der Waals surface area contributed by atoms with Gasteiger partial charge in [0.1, 0.15) is 5.82 Å². The topological polar surface area (TPSA) is 55.2 Å². The molecule has 1 atom stereocenters. The quantitative estimate of drug-likeness (QED) is 0.397. The molecule has 0 aliphatic carbocycles. The Labute approximate surface area is 194 Å². The molecule has 0 fully saturated rings. The lowest BCUT2D eigenvalue weighted by atomic mass is 10.1. The van der Waals surface area contributed by atoms with Crippen LogP contribution in [0.3, 0.4) is 0 Å². The normalized spacial score (nSPS) is 12.5. The first-order valence-corrected chi connectivity index (χ1v) is 10.6. The average Bonchev–Trinajstić information content (AvgIpc) is 2.83. The van der Waals surface area contributed by atoms with Gasteiger partial charge in [0.2, 0.25) is 0 Å². The van der Waals surface area contributed by atoms with Crippen molar-refractivity contribution in [2.75, 3.05) is 7.05 Å². The van der Waals surface area contributed by atoms with Crippen molar-refractivity contribution in [2.45, 2.75) is 26.1 Å². The van der Waals surface area contributed by atoms with Crippen molar-refractivity contribution in [3.8, 4) is 5.69 Å². The van der Waals surface area contributed by atoms with Crippen LogP contribution in [0.4, 0.5) is 13.2 Å². The van der Waals surface area contributed by atoms with Crippen molar-refractivity contribution in [1.82, 2.24) is 14.5 Å². The second kappa shape index (κ2) is 8.78. The van der Waals surface area contributed by atoms with Gasteiger partial charge in [-0.15, -0.1) is 0 Å². The van der Waals surface area contributed by atoms with Crippen LogP contribution in [0.1, 0.15) is 40.3 Å². The number of hydrogen-bond acceptors (Lipinski definition) is 3. The SMILES string of the molecule is Cc1ccccc1-n1c(C(C)N(C)C(=O)c2cccc(C(F)(F)F)c2)nc2ccccc2c1=O. The molecule has 1 heterocycles. The van der Waals surface area contributed by atoms with Crippen LogP contribution < -0.4 is 5.56 Å². The summed E-state index contributed by atoms with van der Waals surface area (Å²) in [5, 5.41) is 0.425. The molecule has 4 rings (SSSR count). The van der Waals surface area contributed by atoms with Gasteiger partial charge in [0.15, 0.2) is 0 Å². The van der Waals surface area contributed by atoms with E-state index in [1.807, 2.05) is 19.1 Å². The summed E-state index contributed by atoms with van der Waals surface area (Å²) in [5.41, 5.74) is 0.630. The molecule has 0 saturated heterocycles. The van der Waals surface area contributed by atoms with E-state index < -0.39 is 23.7 Å². The molecule has 1 aromatic heterocycles. The lowest BCUT2D eigenvalue weighted by molar-refractivity contribution is -0.137. The zero-order valence-electron chi connectivity index (χ0n) is 18.8. The van der Waals surface area contributed by atoms with E-state index in [0.29, 0.717) is 22.4 Å². The van der Waals surface area contributed by atoms with Crippen molar-refractivity contribution in [2.24, 2.45) is 0 Å². The summed E-state index contributed by atoms with van der Waals surface area (Å²) in [7, 11) is 1.48. The molecule has 0 saturated carbocycles. The molecule has 0 N–H and O–H groups in total. The first-order valence-electron chi connectivity index (χ1n) is 10.6. The number of hydrogen-bond donors (Lipinski definition) is 0. The van der Waals surface area contributed by atoms with Crippen molar-refractivity contribution in [3.63, 3.8) is 0 Å². The Kier molecular flexibility index (Phi) is 6.00. The second-order valence-electron chi connectivity index (χ2n) is 8.08. The predicted octanol–water partition coefficient (Wildman–Crippen LogP) is 5.55. The maximum atomic E-state index is 13.5. The zero-order chi connectivity index (χ0) is 24.6. The van der Waals surface area contributed by atoms with Crippen molar-refractivity contribution < 1.29 is 18.0 Å². The van der Waals surface area contributed by atoms with E-state index in [2.05, 4.69) is 0 Å². The minimum absolute atomic E-state index is 0.102. The fourth-order valence-electron chi connectivity index (χ4n) is 3.86. The number of amides is 1. The first kappa shape index (κ1) is 23.2. The summed E-state index contributed by atoms with van der Waals surface area (Å²) in [4.78, 5) is 32.7. The summed E-state index contributed by atoms with van der Waals surface area (Å²) < 4.78 is 40.9. The average molecular weight is 465 g/mol. The molecule has 0 aliphatic heterocycles. The number of alkyl halides is 3. The highest BCUT2D eigenvalue weighted by molar-refractivity contribution is 5.94. The standard InChI is InChI=1S/C26H22F3N3O2/c1-16-9-4-7-14-22(16)32-23(30-21-13-6-5-12-20(21)25(32)34)17(2)31(3)24(33)18-10-8-11-19(15-18)26(27,28)29/h4-15,17H,1-3H3. The minimum atomic E-state index is -4.56. The number of carbonyl (C=O) groups excluding carboxylic acids is 1. The van der Waals surface area contributed by atoms with Gasteiger partial charge < -0.3 is 4.90 Å². The van der Waals surface area contributed by atoms with Crippen LogP contribution in [0, 0.1) is 6.92 Å². The summed E-state index contributed by atoms with van der Waals surface area (Å²) in [5.74, 6) is -0.307. The number of para-hydroxylation sites is 2. The molecule has 5 nitrogen and oxygen atoms in total. The van der Waals surface area contributed by atoms with E-state index in [-0.39, 0.29) is 11.1 Å². The number of aromatic nitrogens is 2. The van der Waals surface area contributed by atoms with Crippen LogP contribution in [0.25, 0.3) is 16.6 Å². The number of benzene rings is 3. The van der Waals surface area contributed by atoms with Crippen LogP contribution in [-0.4, -0.2) is 27.4 Å². The van der Waals surface area contributed by atoms with Crippen molar-refractivity contribution >= 4 is 16.8 Å². The monoisotopic (exact) mass is 465 g/mol. The summed E-state index contributed by atoms with van der Waals surface area (Å²) in [6.45, 7) is 3.56. The third-order valence-corrected chi connectivity index (χ3v) is 5.87. The Hall–Kier alpha value is -3.94. The highest BCUT2D eigenvalue weighted by Gasteiger charge is 2.32. The van der Waals surface area contributed by atoms with Gasteiger partial charge in [-0.1, -0.05) is 36.4 Å². The molecule has 1 amide bonds. The maximum absolute atomic E-state index is 13.5. The molecule has 0 radical (unpaired) electrons. The zero-order valence-corrected chi connectivity index (χ0v) is 18.8. The van der Waals surface area contributed by atoms with Gasteiger partial charge in [0.05, 0.1) is 28.2 Å². The second-order valence-corrected chi connectivity index (χ2v) is 8.08. The van der Waals surface area contributed by atoms with E-state index in [4.69, 9.17) is 4.98 Å². The fourth-order valence-corrected chi connectivity index (χ4v) is 3.86. The minimum Gasteiger partial charge on any atom is -0.332 e. The summed E-state index contributed by atoms with van der Waals surface area (Å²) >= 11 is 0. The molecule has 8 heteroatoms. The van der Waals surface area contributed by atoms with Gasteiger partial charge >= 0.3 is 6.18 Å². The number of rotatable bonds is 4. The Morgan fingerprint density at radius 3 is 2.38 bits per heavy atom. The summed E-state index contributed by atoms with van der Waals surface area (Å²) in [6, 6.07) is 17.8. The highest BCUT2D eigenvalue weighted by Crippen LogP contribution is 2.30. The molecule has 0 aliphatic rings. The molecule has 4 aromatic rings. The Morgan fingerprint density at radius 2 is 1.68 bits per heavy atom. The number of fused-ring (bicyclic) bond motifs is 1. The van der Waals surface area contributed by atoms with E-state index in [1.54, 1.807) is 43.3 Å². The molecule has 3 aromatic carbocycles. The van der Waals surface area contributed by atoms with Crippen LogP contribution >= 0.6 is 0 Å². The number of halogens is 3. The lowest BCUT2D eigenvalue weighted by Crippen LogP contribution is -2.35. The van der Waals surface area contributed by atoms with E-state index in [0.717, 1.165) is 17.7 Å². The predicted molar refractivity (Wildman–Crippen MR) is 124 cm³/mol. The van der Waals surface area contributed by atoms with Crippen LogP contribution in [0.5, 0.6) is 0 Å². The molecule has 0 bridgehead atoms. The number of aryl methyl sites for hydroxylation is 1. The van der Waals surface area contributed by atoms with Gasteiger partial charge in [0, 0.05) is 12.6 Å². The molecule has 174 valence electrons. The van der Waals surface area contributed by atoms with Gasteiger partial charge in [0.25, 0.3) is 11.5 Å². The van der Waals surface area contributed by atoms with Crippen molar-refractivity contribution in [1.29, 1.82) is 0 Å². The third-order valence-electron chi connectivity index (χ3n) is 5.87. The fraction of sp³-hybridized carbons (Fsp3) is 0.192. The summed E-state index contributed by atoms with van der Waals surface area (Å²) in [6.07, 6.45) is -4.56. The molecule has 0 spiro atoms. The van der Waals surface area contributed by atoms with Crippen LogP contribution in [0.15, 0.2) is 77.6 Å². The smallest absolute Gasteiger partial charge is 0.332 e. The molecular weight excluding hydrogens is 443 g/mol. The maximum Gasteiger partial charge on any atom is 0.416 e. The highest BCUT2D eigenvalue weighted by atomic mass is 19.4. The largest absolute Gasteiger partial charge is 0.416 e. The van der Waals surface area contributed by atoms with Crippen molar-refractivity contribution in [3.05, 3.63) is 106 Å². The molecule has 1 unspecified atom stereocenters. The Morgan fingerprint density at radius 1 is 1.00 bits per heavy atom. The van der Waals surface area contributed by atoms with E-state index in [1.165, 1.54) is 28.6 Å². The number of nitrogens with zero attached hydrogens (tertiary/aromatic N) is 3. The van der Waals surface area contributed by atoms with Gasteiger partial charge in [-0.2, -0.15) is 13.2 Å². The van der Waals surface area contributed by atoms with Gasteiger partial charge in [-0.3, -0.25) is 14.2 Å². The van der Waals surface area contributed by atoms with Crippen LogP contribution in [-0.2, 0) is 6.18 Å². The first-order chi connectivity index (χ1) is 16.1. The third kappa shape index (κ3) is 4.19. The Bertz CT molecular complexity index is 1440. The van der Waals surface area contributed by atoms with E-state index >= 15 is 0 Å². The van der Waals surface area contributed by atoms with E-state index in [9.17, 15) is 22.8 Å².